The van der Waals surface area contributed by atoms with Crippen LogP contribution in [0.2, 0.25) is 0 Å². The molecule has 156 valence electrons. The number of benzene rings is 1. The molecule has 3 heterocycles. The largest absolute Gasteiger partial charge is 0.416 e. The summed E-state index contributed by atoms with van der Waals surface area (Å²) in [6, 6.07) is 10.8. The Bertz CT molecular complexity index is 1030. The number of halogens is 3. The summed E-state index contributed by atoms with van der Waals surface area (Å²) in [4.78, 5) is 21.0. The number of fused-ring (bicyclic) bond motifs is 1. The van der Waals surface area contributed by atoms with Crippen molar-refractivity contribution in [1.82, 2.24) is 19.2 Å². The third-order valence-electron chi connectivity index (χ3n) is 5.12. The van der Waals surface area contributed by atoms with Gasteiger partial charge in [-0.1, -0.05) is 18.2 Å². The highest BCUT2D eigenvalue weighted by atomic mass is 19.4. The monoisotopic (exact) mass is 414 g/mol. The Labute approximate surface area is 172 Å². The van der Waals surface area contributed by atoms with Crippen molar-refractivity contribution in [3.63, 3.8) is 0 Å². The average Bonchev–Trinajstić information content (AvgIpc) is 3.14. The molecule has 1 aromatic carbocycles. The van der Waals surface area contributed by atoms with Gasteiger partial charge in [0.25, 0.3) is 0 Å². The number of amides is 1. The summed E-state index contributed by atoms with van der Waals surface area (Å²) in [6.45, 7) is 3.29. The highest BCUT2D eigenvalue weighted by Crippen LogP contribution is 2.29. The number of piperazine rings is 1. The number of nitrogens with zero attached hydrogens (tertiary/aromatic N) is 4. The fraction of sp³-hybridized carbons (Fsp3) is 0.273. The number of hydrogen-bond acceptors (Lipinski definition) is 3. The van der Waals surface area contributed by atoms with Gasteiger partial charge in [0, 0.05) is 51.2 Å². The fourth-order valence-electron chi connectivity index (χ4n) is 3.51. The SMILES string of the molecule is O=C(/C=C/c1cccc(C(F)(F)F)c1)N1CCN(Cc2cn3ccccc3n2)CC1. The average molecular weight is 414 g/mol. The first-order chi connectivity index (χ1) is 14.4. The third-order valence-corrected chi connectivity index (χ3v) is 5.12. The van der Waals surface area contributed by atoms with Crippen molar-refractivity contribution >= 4 is 17.6 Å². The Morgan fingerprint density at radius 3 is 2.60 bits per heavy atom. The van der Waals surface area contributed by atoms with Crippen LogP contribution in [0, 0.1) is 0 Å². The van der Waals surface area contributed by atoms with Gasteiger partial charge in [-0.05, 0) is 35.9 Å². The van der Waals surface area contributed by atoms with Crippen molar-refractivity contribution in [3.05, 3.63) is 77.8 Å². The van der Waals surface area contributed by atoms with E-state index in [1.54, 1.807) is 11.0 Å². The minimum Gasteiger partial charge on any atom is -0.337 e. The van der Waals surface area contributed by atoms with Gasteiger partial charge in [-0.15, -0.1) is 0 Å². The molecule has 1 amide bonds. The standard InChI is InChI=1S/C22H21F3N4O/c23-22(24,25)18-5-3-4-17(14-18)7-8-21(30)28-12-10-27(11-13-28)15-19-16-29-9-2-1-6-20(29)26-19/h1-9,14,16H,10-13,15H2/b8-7+. The number of aromatic nitrogens is 2. The molecule has 8 heteroatoms. The summed E-state index contributed by atoms with van der Waals surface area (Å²) in [5.41, 5.74) is 1.51. The second-order valence-corrected chi connectivity index (χ2v) is 7.26. The molecule has 30 heavy (non-hydrogen) atoms. The van der Waals surface area contributed by atoms with Crippen LogP contribution in [-0.4, -0.2) is 51.3 Å². The summed E-state index contributed by atoms with van der Waals surface area (Å²) in [5.74, 6) is -0.195. The molecule has 0 unspecified atom stereocenters. The molecule has 3 aromatic rings. The van der Waals surface area contributed by atoms with Crippen molar-refractivity contribution in [1.29, 1.82) is 0 Å². The van der Waals surface area contributed by atoms with Crippen LogP contribution >= 0.6 is 0 Å². The first-order valence-corrected chi connectivity index (χ1v) is 9.68. The highest BCUT2D eigenvalue weighted by molar-refractivity contribution is 5.91. The van der Waals surface area contributed by atoms with Gasteiger partial charge < -0.3 is 9.30 Å². The molecular formula is C22H21F3N4O. The lowest BCUT2D eigenvalue weighted by Gasteiger charge is -2.33. The molecule has 1 saturated heterocycles. The smallest absolute Gasteiger partial charge is 0.337 e. The van der Waals surface area contributed by atoms with Crippen LogP contribution in [0.25, 0.3) is 11.7 Å². The maximum atomic E-state index is 12.8. The number of carbonyl (C=O) groups is 1. The van der Waals surface area contributed by atoms with Crippen molar-refractivity contribution in [2.24, 2.45) is 0 Å². The Morgan fingerprint density at radius 2 is 1.87 bits per heavy atom. The first-order valence-electron chi connectivity index (χ1n) is 9.68. The number of hydrogen-bond donors (Lipinski definition) is 0. The van der Waals surface area contributed by atoms with Gasteiger partial charge >= 0.3 is 6.18 Å². The minimum atomic E-state index is -4.40. The molecule has 0 aliphatic carbocycles. The van der Waals surface area contributed by atoms with E-state index in [1.165, 1.54) is 18.2 Å². The molecule has 0 spiro atoms. The van der Waals surface area contributed by atoms with E-state index in [0.29, 0.717) is 25.2 Å². The van der Waals surface area contributed by atoms with Crippen LogP contribution in [0.1, 0.15) is 16.8 Å². The zero-order valence-corrected chi connectivity index (χ0v) is 16.2. The van der Waals surface area contributed by atoms with E-state index in [2.05, 4.69) is 9.88 Å². The van der Waals surface area contributed by atoms with Crippen LogP contribution in [0.4, 0.5) is 13.2 Å². The highest BCUT2D eigenvalue weighted by Gasteiger charge is 2.30. The van der Waals surface area contributed by atoms with Gasteiger partial charge in [0.2, 0.25) is 5.91 Å². The van der Waals surface area contributed by atoms with E-state index in [1.807, 2.05) is 35.0 Å². The minimum absolute atomic E-state index is 0.195. The number of rotatable bonds is 4. The van der Waals surface area contributed by atoms with Gasteiger partial charge in [0.15, 0.2) is 0 Å². The Morgan fingerprint density at radius 1 is 1.07 bits per heavy atom. The number of carbonyl (C=O) groups excluding carboxylic acids is 1. The van der Waals surface area contributed by atoms with E-state index < -0.39 is 11.7 Å². The molecule has 1 aliphatic rings. The van der Waals surface area contributed by atoms with Gasteiger partial charge in [0.1, 0.15) is 5.65 Å². The van der Waals surface area contributed by atoms with Crippen LogP contribution in [-0.2, 0) is 17.5 Å². The van der Waals surface area contributed by atoms with E-state index in [0.717, 1.165) is 36.6 Å². The van der Waals surface area contributed by atoms with Crippen LogP contribution in [0.15, 0.2) is 60.9 Å². The normalized spacial score (nSPS) is 15.9. The molecule has 0 saturated carbocycles. The van der Waals surface area contributed by atoms with E-state index >= 15 is 0 Å². The fourth-order valence-corrected chi connectivity index (χ4v) is 3.51. The zero-order chi connectivity index (χ0) is 21.1. The zero-order valence-electron chi connectivity index (χ0n) is 16.2. The summed E-state index contributed by atoms with van der Waals surface area (Å²) in [7, 11) is 0. The maximum absolute atomic E-state index is 12.8. The van der Waals surface area contributed by atoms with Crippen LogP contribution in [0.5, 0.6) is 0 Å². The quantitative estimate of drug-likeness (QED) is 0.611. The van der Waals surface area contributed by atoms with Gasteiger partial charge in [-0.25, -0.2) is 4.98 Å². The summed E-state index contributed by atoms with van der Waals surface area (Å²) in [5, 5.41) is 0. The van der Waals surface area contributed by atoms with Gasteiger partial charge in [0.05, 0.1) is 11.3 Å². The van der Waals surface area contributed by atoms with Gasteiger partial charge in [-0.2, -0.15) is 13.2 Å². The van der Waals surface area contributed by atoms with Crippen molar-refractivity contribution in [2.45, 2.75) is 12.7 Å². The Hall–Kier alpha value is -3.13. The van der Waals surface area contributed by atoms with Crippen LogP contribution in [0.3, 0.4) is 0 Å². The lowest BCUT2D eigenvalue weighted by atomic mass is 10.1. The maximum Gasteiger partial charge on any atom is 0.416 e. The van der Waals surface area contributed by atoms with E-state index in [4.69, 9.17) is 0 Å². The molecule has 2 aromatic heterocycles. The van der Waals surface area contributed by atoms with Crippen LogP contribution < -0.4 is 0 Å². The topological polar surface area (TPSA) is 40.9 Å². The van der Waals surface area contributed by atoms with Gasteiger partial charge in [-0.3, -0.25) is 9.69 Å². The molecule has 0 bridgehead atoms. The van der Waals surface area contributed by atoms with Crippen molar-refractivity contribution in [2.75, 3.05) is 26.2 Å². The molecular weight excluding hydrogens is 393 g/mol. The Balaban J connectivity index is 1.31. The number of pyridine rings is 1. The van der Waals surface area contributed by atoms with E-state index in [9.17, 15) is 18.0 Å². The lowest BCUT2D eigenvalue weighted by Crippen LogP contribution is -2.47. The lowest BCUT2D eigenvalue weighted by molar-refractivity contribution is -0.137. The number of alkyl halides is 3. The van der Waals surface area contributed by atoms with E-state index in [-0.39, 0.29) is 5.91 Å². The second kappa shape index (κ2) is 8.31. The molecule has 0 radical (unpaired) electrons. The summed E-state index contributed by atoms with van der Waals surface area (Å²) >= 11 is 0. The molecule has 0 N–H and O–H groups in total. The predicted molar refractivity (Wildman–Crippen MR) is 108 cm³/mol. The number of imidazole rings is 1. The predicted octanol–water partition coefficient (Wildman–Crippen LogP) is 3.71. The van der Waals surface area contributed by atoms with Crippen molar-refractivity contribution < 1.29 is 18.0 Å². The third kappa shape index (κ3) is 4.71. The van der Waals surface area contributed by atoms with Crippen molar-refractivity contribution in [3.8, 4) is 0 Å². The molecule has 1 fully saturated rings. The molecule has 0 atom stereocenters. The Kier molecular flexibility index (Phi) is 5.59. The summed E-state index contributed by atoms with van der Waals surface area (Å²) < 4.78 is 40.4. The molecule has 5 nitrogen and oxygen atoms in total. The molecule has 4 rings (SSSR count). The first kappa shape index (κ1) is 20.2. The molecule has 1 aliphatic heterocycles. The summed E-state index contributed by atoms with van der Waals surface area (Å²) in [6.07, 6.45) is 2.34. The second-order valence-electron chi connectivity index (χ2n) is 7.26.